The molecule has 144 valence electrons. The van der Waals surface area contributed by atoms with E-state index in [2.05, 4.69) is 4.98 Å². The molecule has 0 saturated carbocycles. The number of ketones is 1. The maximum absolute atomic E-state index is 12.9. The second-order valence-electron chi connectivity index (χ2n) is 6.92. The number of aromatic nitrogens is 1. The molecule has 2 saturated heterocycles. The van der Waals surface area contributed by atoms with Gasteiger partial charge in [0.15, 0.2) is 9.84 Å². The minimum Gasteiger partial charge on any atom is -0.507 e. The maximum atomic E-state index is 12.9. The largest absolute Gasteiger partial charge is 0.507 e. The highest BCUT2D eigenvalue weighted by Gasteiger charge is 2.50. The van der Waals surface area contributed by atoms with Gasteiger partial charge in [-0.15, -0.1) is 0 Å². The normalized spacial score (nSPS) is 25.9. The summed E-state index contributed by atoms with van der Waals surface area (Å²) in [5.74, 6) is -2.12. The van der Waals surface area contributed by atoms with Crippen LogP contribution < -0.4 is 0 Å². The topological polar surface area (TPSA) is 105 Å². The van der Waals surface area contributed by atoms with E-state index in [1.807, 2.05) is 0 Å². The Kier molecular flexibility index (Phi) is 4.50. The minimum atomic E-state index is -3.27. The molecule has 2 atom stereocenters. The Bertz CT molecular complexity index is 1060. The van der Waals surface area contributed by atoms with Gasteiger partial charge in [-0.05, 0) is 18.1 Å². The number of carbonyl (C=O) groups excluding carboxylic acids is 2. The lowest BCUT2D eigenvalue weighted by Gasteiger charge is -2.29. The monoisotopic (exact) mass is 398 g/mol. The molecule has 1 amide bonds. The fourth-order valence-corrected chi connectivity index (χ4v) is 5.55. The van der Waals surface area contributed by atoms with Gasteiger partial charge in [0.05, 0.1) is 23.1 Å². The zero-order valence-electron chi connectivity index (χ0n) is 14.9. The molecule has 2 aliphatic rings. The molecule has 2 unspecified atom stereocenters. The number of nitrogens with zero attached hydrogens (tertiary/aromatic N) is 2. The lowest BCUT2D eigenvalue weighted by Crippen LogP contribution is -2.40. The first-order valence-electron chi connectivity index (χ1n) is 8.85. The molecule has 4 rings (SSSR count). The number of carbonyl (C=O) groups is 2. The molecule has 1 aromatic heterocycles. The molecule has 0 aliphatic carbocycles. The number of hydrogen-bond donors (Lipinski definition) is 1. The van der Waals surface area contributed by atoms with E-state index in [0.29, 0.717) is 11.1 Å². The van der Waals surface area contributed by atoms with Gasteiger partial charge in [0, 0.05) is 24.0 Å². The van der Waals surface area contributed by atoms with E-state index in [0.717, 1.165) is 0 Å². The smallest absolute Gasteiger partial charge is 0.295 e. The van der Waals surface area contributed by atoms with Crippen molar-refractivity contribution in [2.24, 2.45) is 0 Å². The van der Waals surface area contributed by atoms with Crippen molar-refractivity contribution in [1.29, 1.82) is 0 Å². The van der Waals surface area contributed by atoms with Crippen molar-refractivity contribution in [2.45, 2.75) is 18.5 Å². The Balaban J connectivity index is 1.88. The number of rotatable bonds is 3. The van der Waals surface area contributed by atoms with Gasteiger partial charge in [-0.25, -0.2) is 8.42 Å². The Morgan fingerprint density at radius 2 is 1.86 bits per heavy atom. The Morgan fingerprint density at radius 3 is 2.46 bits per heavy atom. The lowest BCUT2D eigenvalue weighted by atomic mass is 9.96. The number of pyridine rings is 1. The number of hydrogen-bond acceptors (Lipinski definition) is 6. The molecule has 0 radical (unpaired) electrons. The predicted octanol–water partition coefficient (Wildman–Crippen LogP) is 1.69. The van der Waals surface area contributed by atoms with Crippen LogP contribution in [0.25, 0.3) is 5.76 Å². The number of amides is 1. The summed E-state index contributed by atoms with van der Waals surface area (Å²) in [6.07, 6.45) is 3.34. The standard InChI is InChI=1S/C20H18N2O5S/c23-18(13-5-2-1-3-6-13)16-17(14-7-4-9-21-11-14)22(20(25)19(16)24)15-8-10-28(26,27)12-15/h1-7,9,11,15,17,23H,8,10,12H2. The molecular formula is C20H18N2O5S. The highest BCUT2D eigenvalue weighted by molar-refractivity contribution is 7.91. The van der Waals surface area contributed by atoms with Gasteiger partial charge in [-0.3, -0.25) is 14.6 Å². The van der Waals surface area contributed by atoms with Crippen LogP contribution >= 0.6 is 0 Å². The van der Waals surface area contributed by atoms with Gasteiger partial charge in [0.1, 0.15) is 5.76 Å². The first kappa shape index (κ1) is 18.4. The summed E-state index contributed by atoms with van der Waals surface area (Å²) in [6.45, 7) is 0. The minimum absolute atomic E-state index is 0.0287. The fraction of sp³-hybridized carbons (Fsp3) is 0.250. The molecule has 0 bridgehead atoms. The fourth-order valence-electron chi connectivity index (χ4n) is 3.84. The van der Waals surface area contributed by atoms with Crippen LogP contribution in [-0.4, -0.2) is 52.6 Å². The van der Waals surface area contributed by atoms with Crippen LogP contribution in [-0.2, 0) is 19.4 Å². The van der Waals surface area contributed by atoms with Crippen molar-refractivity contribution in [1.82, 2.24) is 9.88 Å². The SMILES string of the molecule is O=C1C(=O)N(C2CCS(=O)(=O)C2)C(c2cccnc2)C1=C(O)c1ccccc1. The molecule has 2 fully saturated rings. The molecule has 7 nitrogen and oxygen atoms in total. The molecule has 8 heteroatoms. The highest BCUT2D eigenvalue weighted by Crippen LogP contribution is 2.41. The molecule has 2 aromatic rings. The number of aliphatic hydroxyl groups is 1. The Morgan fingerprint density at radius 1 is 1.11 bits per heavy atom. The van der Waals surface area contributed by atoms with Crippen LogP contribution in [0, 0.1) is 0 Å². The quantitative estimate of drug-likeness (QED) is 0.479. The molecule has 1 aromatic carbocycles. The van der Waals surface area contributed by atoms with Crippen LogP contribution in [0.4, 0.5) is 0 Å². The van der Waals surface area contributed by atoms with Crippen LogP contribution in [0.5, 0.6) is 0 Å². The summed E-state index contributed by atoms with van der Waals surface area (Å²) in [6, 6.07) is 10.4. The average Bonchev–Trinajstić information content (AvgIpc) is 3.19. The molecule has 1 N–H and O–H groups in total. The second kappa shape index (κ2) is 6.87. The average molecular weight is 398 g/mol. The van der Waals surface area contributed by atoms with Crippen LogP contribution in [0.2, 0.25) is 0 Å². The zero-order chi connectivity index (χ0) is 19.9. The second-order valence-corrected chi connectivity index (χ2v) is 9.14. The van der Waals surface area contributed by atoms with Gasteiger partial charge in [0.25, 0.3) is 11.7 Å². The van der Waals surface area contributed by atoms with E-state index in [1.165, 1.54) is 11.1 Å². The van der Waals surface area contributed by atoms with Crippen molar-refractivity contribution in [2.75, 3.05) is 11.5 Å². The van der Waals surface area contributed by atoms with Crippen molar-refractivity contribution in [3.8, 4) is 0 Å². The highest BCUT2D eigenvalue weighted by atomic mass is 32.2. The van der Waals surface area contributed by atoms with Crippen LogP contribution in [0.15, 0.2) is 60.4 Å². The van der Waals surface area contributed by atoms with E-state index in [4.69, 9.17) is 0 Å². The number of likely N-dealkylation sites (tertiary alicyclic amines) is 1. The van der Waals surface area contributed by atoms with E-state index in [1.54, 1.807) is 48.7 Å². The number of benzene rings is 1. The molecular weight excluding hydrogens is 380 g/mol. The van der Waals surface area contributed by atoms with Crippen molar-refractivity contribution < 1.29 is 23.1 Å². The van der Waals surface area contributed by atoms with Crippen molar-refractivity contribution in [3.05, 3.63) is 71.6 Å². The summed E-state index contributed by atoms with van der Waals surface area (Å²) in [4.78, 5) is 31.1. The number of Topliss-reactive ketones (excluding diaryl/α,β-unsaturated/α-hetero) is 1. The summed E-state index contributed by atoms with van der Waals surface area (Å²) in [5.41, 5.74) is 0.908. The first-order chi connectivity index (χ1) is 13.4. The summed E-state index contributed by atoms with van der Waals surface area (Å²) in [7, 11) is -3.27. The number of sulfone groups is 1. The Hall–Kier alpha value is -3.00. The van der Waals surface area contributed by atoms with Gasteiger partial charge in [-0.1, -0.05) is 36.4 Å². The number of aliphatic hydroxyl groups excluding tert-OH is 1. The molecule has 2 aliphatic heterocycles. The molecule has 0 spiro atoms. The van der Waals surface area contributed by atoms with E-state index >= 15 is 0 Å². The van der Waals surface area contributed by atoms with E-state index in [9.17, 15) is 23.1 Å². The summed E-state index contributed by atoms with van der Waals surface area (Å²) in [5, 5.41) is 10.8. The van der Waals surface area contributed by atoms with Crippen molar-refractivity contribution in [3.63, 3.8) is 0 Å². The summed E-state index contributed by atoms with van der Waals surface area (Å²) < 4.78 is 23.9. The Labute approximate surface area is 162 Å². The van der Waals surface area contributed by atoms with Crippen molar-refractivity contribution >= 4 is 27.3 Å². The van der Waals surface area contributed by atoms with Gasteiger partial charge in [0.2, 0.25) is 0 Å². The van der Waals surface area contributed by atoms with Crippen LogP contribution in [0.3, 0.4) is 0 Å². The third kappa shape index (κ3) is 3.09. The third-order valence-corrected chi connectivity index (χ3v) is 6.88. The molecule has 28 heavy (non-hydrogen) atoms. The zero-order valence-corrected chi connectivity index (χ0v) is 15.7. The lowest BCUT2D eigenvalue weighted by molar-refractivity contribution is -0.141. The van der Waals surface area contributed by atoms with E-state index < -0.39 is 33.6 Å². The van der Waals surface area contributed by atoms with Gasteiger partial charge < -0.3 is 10.0 Å². The maximum Gasteiger partial charge on any atom is 0.295 e. The van der Waals surface area contributed by atoms with Gasteiger partial charge >= 0.3 is 0 Å². The van der Waals surface area contributed by atoms with Gasteiger partial charge in [-0.2, -0.15) is 0 Å². The first-order valence-corrected chi connectivity index (χ1v) is 10.7. The third-order valence-electron chi connectivity index (χ3n) is 5.13. The molecule has 3 heterocycles. The van der Waals surface area contributed by atoms with Crippen LogP contribution in [0.1, 0.15) is 23.6 Å². The summed E-state index contributed by atoms with van der Waals surface area (Å²) >= 11 is 0. The predicted molar refractivity (Wildman–Crippen MR) is 102 cm³/mol. The van der Waals surface area contributed by atoms with E-state index in [-0.39, 0.29) is 29.3 Å².